The summed E-state index contributed by atoms with van der Waals surface area (Å²) in [5.74, 6) is 0. The monoisotopic (exact) mass is 315 g/mol. The molecule has 0 aliphatic carbocycles. The average Bonchev–Trinajstić information content (AvgIpc) is 2.67. The molecule has 0 saturated carbocycles. The summed E-state index contributed by atoms with van der Waals surface area (Å²) in [6.07, 6.45) is 1.40. The topological polar surface area (TPSA) is 66.8 Å². The average molecular weight is 315 g/mol. The maximum atomic E-state index is 11.6. The first-order chi connectivity index (χ1) is 9.49. The van der Waals surface area contributed by atoms with Gasteiger partial charge in [0.25, 0.3) is 0 Å². The van der Waals surface area contributed by atoms with Crippen LogP contribution in [0.4, 0.5) is 4.79 Å². The smallest absolute Gasteiger partial charge is 0.408 e. The highest BCUT2D eigenvalue weighted by atomic mass is 28.4. The van der Waals surface area contributed by atoms with Crippen LogP contribution < -0.4 is 0 Å². The van der Waals surface area contributed by atoms with Gasteiger partial charge in [0.15, 0.2) is 8.32 Å². The van der Waals surface area contributed by atoms with Gasteiger partial charge in [-0.05, 0) is 24.6 Å². The van der Waals surface area contributed by atoms with E-state index in [4.69, 9.17) is 4.43 Å². The van der Waals surface area contributed by atoms with Gasteiger partial charge in [-0.25, -0.2) is 4.79 Å². The lowest BCUT2D eigenvalue weighted by Gasteiger charge is -2.38. The Morgan fingerprint density at radius 3 is 2.43 bits per heavy atom. The van der Waals surface area contributed by atoms with Crippen molar-refractivity contribution in [1.29, 1.82) is 0 Å². The van der Waals surface area contributed by atoms with Crippen LogP contribution in [-0.2, 0) is 9.22 Å². The maximum Gasteiger partial charge on any atom is 0.408 e. The quantitative estimate of drug-likeness (QED) is 0.623. The van der Waals surface area contributed by atoms with E-state index in [1.807, 2.05) is 6.92 Å². The van der Waals surface area contributed by atoms with Crippen LogP contribution in [0.25, 0.3) is 0 Å². The molecule has 1 aliphatic rings. The Morgan fingerprint density at radius 2 is 2.05 bits per heavy atom. The van der Waals surface area contributed by atoms with Crippen molar-refractivity contribution in [3.63, 3.8) is 0 Å². The Morgan fingerprint density at radius 1 is 1.48 bits per heavy atom. The predicted octanol–water partition coefficient (Wildman–Crippen LogP) is 3.50. The van der Waals surface area contributed by atoms with E-state index in [-0.39, 0.29) is 11.1 Å². The van der Waals surface area contributed by atoms with Crippen molar-refractivity contribution in [3.8, 4) is 0 Å². The molecule has 0 aromatic rings. The molecule has 1 fully saturated rings. The molecule has 1 rings (SSSR count). The zero-order valence-corrected chi connectivity index (χ0v) is 15.1. The lowest BCUT2D eigenvalue weighted by molar-refractivity contribution is -0.116. The molecule has 1 heterocycles. The van der Waals surface area contributed by atoms with Gasteiger partial charge in [0.05, 0.1) is 12.6 Å². The largest absolute Gasteiger partial charge is 0.465 e. The Balaban J connectivity index is 2.95. The number of carboxylic acid groups (broad SMARTS) is 1. The fourth-order valence-corrected chi connectivity index (χ4v) is 4.08. The van der Waals surface area contributed by atoms with Gasteiger partial charge in [-0.1, -0.05) is 34.1 Å². The molecule has 6 heteroatoms. The third-order valence-electron chi connectivity index (χ3n) is 4.91. The summed E-state index contributed by atoms with van der Waals surface area (Å²) in [6, 6.07) is 0. The number of aldehydes is 1. The summed E-state index contributed by atoms with van der Waals surface area (Å²) in [4.78, 5) is 24.4. The second-order valence-electron chi connectivity index (χ2n) is 7.57. The third-order valence-corrected chi connectivity index (χ3v) is 9.44. The van der Waals surface area contributed by atoms with E-state index < -0.39 is 19.9 Å². The first kappa shape index (κ1) is 18.2. The van der Waals surface area contributed by atoms with Gasteiger partial charge >= 0.3 is 6.09 Å². The number of likely N-dealkylation sites (tertiary alicyclic amines) is 1. The summed E-state index contributed by atoms with van der Waals surface area (Å²) in [7, 11) is -1.97. The number of carbonyl (C=O) groups is 2. The maximum absolute atomic E-state index is 11.6. The molecular formula is C15H29NO4Si. The zero-order chi connectivity index (χ0) is 16.5. The Bertz CT molecular complexity index is 405. The molecule has 0 bridgehead atoms. The molecule has 1 aliphatic heterocycles. The van der Waals surface area contributed by atoms with Gasteiger partial charge in [0, 0.05) is 6.42 Å². The van der Waals surface area contributed by atoms with E-state index in [1.165, 1.54) is 4.90 Å². The molecule has 0 spiro atoms. The van der Waals surface area contributed by atoms with Crippen molar-refractivity contribution in [2.45, 2.75) is 76.7 Å². The first-order valence-electron chi connectivity index (χ1n) is 7.64. The Kier molecular flexibility index (Phi) is 5.26. The number of amides is 1. The molecule has 21 heavy (non-hydrogen) atoms. The highest BCUT2D eigenvalue weighted by Gasteiger charge is 2.50. The van der Waals surface area contributed by atoms with Crippen molar-refractivity contribution in [2.75, 3.05) is 6.54 Å². The third kappa shape index (κ3) is 3.66. The molecule has 1 N–H and O–H groups in total. The minimum atomic E-state index is -1.97. The van der Waals surface area contributed by atoms with Crippen LogP contribution >= 0.6 is 0 Å². The highest BCUT2D eigenvalue weighted by molar-refractivity contribution is 6.74. The van der Waals surface area contributed by atoms with E-state index in [2.05, 4.69) is 33.9 Å². The standard InChI is InChI=1S/C15H29NO4Si/c1-7-8-15(11-17)9-12(10-16(15)13(18)19)20-21(5,6)14(2,3)4/h11-12H,7-10H2,1-6H3,(H,18,19)/t12?,15-/m1/s1. The predicted molar refractivity (Wildman–Crippen MR) is 85.1 cm³/mol. The van der Waals surface area contributed by atoms with Crippen LogP contribution in [0.5, 0.6) is 0 Å². The molecule has 1 amide bonds. The molecule has 1 unspecified atom stereocenters. The zero-order valence-electron chi connectivity index (χ0n) is 14.1. The molecule has 122 valence electrons. The molecular weight excluding hydrogens is 286 g/mol. The van der Waals surface area contributed by atoms with Gasteiger partial charge in [0.1, 0.15) is 11.8 Å². The van der Waals surface area contributed by atoms with Gasteiger partial charge in [-0.15, -0.1) is 0 Å². The van der Waals surface area contributed by atoms with E-state index in [0.29, 0.717) is 19.4 Å². The van der Waals surface area contributed by atoms with Crippen LogP contribution in [-0.4, -0.2) is 48.9 Å². The number of carbonyl (C=O) groups excluding carboxylic acids is 1. The number of hydrogen-bond acceptors (Lipinski definition) is 3. The van der Waals surface area contributed by atoms with Gasteiger partial charge in [0.2, 0.25) is 0 Å². The fourth-order valence-electron chi connectivity index (χ4n) is 2.74. The SMILES string of the molecule is CCC[C@]1(C=O)CC(O[Si](C)(C)C(C)(C)C)CN1C(=O)O. The summed E-state index contributed by atoms with van der Waals surface area (Å²) < 4.78 is 6.32. The lowest BCUT2D eigenvalue weighted by atomic mass is 9.92. The van der Waals surface area contributed by atoms with Crippen LogP contribution in [0.3, 0.4) is 0 Å². The van der Waals surface area contributed by atoms with E-state index in [9.17, 15) is 14.7 Å². The Labute approximate surface area is 128 Å². The second kappa shape index (κ2) is 6.08. The number of hydrogen-bond donors (Lipinski definition) is 1. The highest BCUT2D eigenvalue weighted by Crippen LogP contribution is 2.41. The van der Waals surface area contributed by atoms with Crippen molar-refractivity contribution in [2.24, 2.45) is 0 Å². The Hall–Kier alpha value is -0.883. The molecule has 0 radical (unpaired) electrons. The van der Waals surface area contributed by atoms with Crippen molar-refractivity contribution in [1.82, 2.24) is 4.90 Å². The summed E-state index contributed by atoms with van der Waals surface area (Å²) in [5.41, 5.74) is -0.909. The first-order valence-corrected chi connectivity index (χ1v) is 10.5. The van der Waals surface area contributed by atoms with E-state index in [1.54, 1.807) is 0 Å². The number of rotatable bonds is 5. The second-order valence-corrected chi connectivity index (χ2v) is 12.3. The lowest BCUT2D eigenvalue weighted by Crippen LogP contribution is -2.48. The van der Waals surface area contributed by atoms with Gasteiger partial charge < -0.3 is 14.3 Å². The van der Waals surface area contributed by atoms with E-state index >= 15 is 0 Å². The molecule has 1 saturated heterocycles. The number of nitrogens with zero attached hydrogens (tertiary/aromatic N) is 1. The normalized spacial score (nSPS) is 27.0. The van der Waals surface area contributed by atoms with Crippen LogP contribution in [0, 0.1) is 0 Å². The summed E-state index contributed by atoms with van der Waals surface area (Å²) >= 11 is 0. The fraction of sp³-hybridized carbons (Fsp3) is 0.867. The molecule has 0 aromatic carbocycles. The summed E-state index contributed by atoms with van der Waals surface area (Å²) in [5, 5.41) is 9.47. The van der Waals surface area contributed by atoms with Crippen molar-refractivity contribution < 1.29 is 19.1 Å². The van der Waals surface area contributed by atoms with Crippen LogP contribution in [0.15, 0.2) is 0 Å². The van der Waals surface area contributed by atoms with Crippen molar-refractivity contribution in [3.05, 3.63) is 0 Å². The minimum Gasteiger partial charge on any atom is -0.465 e. The molecule has 5 nitrogen and oxygen atoms in total. The van der Waals surface area contributed by atoms with Crippen molar-refractivity contribution >= 4 is 20.7 Å². The minimum absolute atomic E-state index is 0.0677. The summed E-state index contributed by atoms with van der Waals surface area (Å²) in [6.45, 7) is 13.0. The van der Waals surface area contributed by atoms with Crippen LogP contribution in [0.1, 0.15) is 47.0 Å². The van der Waals surface area contributed by atoms with Gasteiger partial charge in [-0.2, -0.15) is 0 Å². The van der Waals surface area contributed by atoms with Gasteiger partial charge in [-0.3, -0.25) is 4.90 Å². The van der Waals surface area contributed by atoms with Crippen LogP contribution in [0.2, 0.25) is 18.1 Å². The van der Waals surface area contributed by atoms with E-state index in [0.717, 1.165) is 12.7 Å². The molecule has 0 aromatic heterocycles. The molecule has 2 atom stereocenters.